The third-order valence-corrected chi connectivity index (χ3v) is 4.24. The van der Waals surface area contributed by atoms with E-state index in [1.54, 1.807) is 0 Å². The molecule has 21 heavy (non-hydrogen) atoms. The molecule has 4 heteroatoms. The first-order valence-electron chi connectivity index (χ1n) is 8.62. The van der Waals surface area contributed by atoms with Crippen molar-refractivity contribution in [1.82, 2.24) is 10.2 Å². The van der Waals surface area contributed by atoms with Crippen LogP contribution in [0.15, 0.2) is 0 Å². The number of nitrogens with one attached hydrogen (secondary N) is 1. The highest BCUT2D eigenvalue weighted by Gasteiger charge is 2.23. The molecule has 0 spiro atoms. The minimum atomic E-state index is -0.401. The topological polar surface area (TPSA) is 44.7 Å². The Morgan fingerprint density at radius 1 is 1.24 bits per heavy atom. The van der Waals surface area contributed by atoms with Crippen LogP contribution in [-0.4, -0.2) is 61.0 Å². The summed E-state index contributed by atoms with van der Waals surface area (Å²) in [5.41, 5.74) is 0. The van der Waals surface area contributed by atoms with Gasteiger partial charge in [-0.3, -0.25) is 0 Å². The normalized spacial score (nSPS) is 23.1. The van der Waals surface area contributed by atoms with Crippen LogP contribution in [0.5, 0.6) is 0 Å². The Hall–Kier alpha value is -0.160. The van der Waals surface area contributed by atoms with Gasteiger partial charge in [0.1, 0.15) is 0 Å². The van der Waals surface area contributed by atoms with E-state index in [1.165, 1.54) is 19.5 Å². The van der Waals surface area contributed by atoms with Crippen LogP contribution >= 0.6 is 0 Å². The lowest BCUT2D eigenvalue weighted by atomic mass is 10.1. The van der Waals surface area contributed by atoms with E-state index in [-0.39, 0.29) is 6.10 Å². The van der Waals surface area contributed by atoms with Gasteiger partial charge >= 0.3 is 0 Å². The average Bonchev–Trinajstić information content (AvgIpc) is 2.84. The fourth-order valence-corrected chi connectivity index (χ4v) is 3.02. The second kappa shape index (κ2) is 9.78. The summed E-state index contributed by atoms with van der Waals surface area (Å²) < 4.78 is 5.69. The van der Waals surface area contributed by atoms with Crippen molar-refractivity contribution < 1.29 is 9.84 Å². The monoisotopic (exact) mass is 300 g/mol. The third kappa shape index (κ3) is 8.15. The van der Waals surface area contributed by atoms with E-state index in [0.717, 1.165) is 18.9 Å². The third-order valence-electron chi connectivity index (χ3n) is 4.24. The van der Waals surface area contributed by atoms with Crippen molar-refractivity contribution in [2.45, 2.75) is 65.7 Å². The first kappa shape index (κ1) is 18.9. The molecule has 0 aliphatic carbocycles. The Bertz CT molecular complexity index is 272. The predicted molar refractivity (Wildman–Crippen MR) is 88.6 cm³/mol. The van der Waals surface area contributed by atoms with Crippen molar-refractivity contribution in [3.8, 4) is 0 Å². The molecule has 1 saturated heterocycles. The van der Waals surface area contributed by atoms with Gasteiger partial charge in [0, 0.05) is 19.1 Å². The molecule has 0 radical (unpaired) electrons. The number of rotatable bonds is 10. The molecule has 3 unspecified atom stereocenters. The van der Waals surface area contributed by atoms with Gasteiger partial charge in [0.15, 0.2) is 0 Å². The standard InChI is InChI=1S/C17H36N2O2/c1-13(2)8-15(5)21-12-17(20)10-18-9-16-6-7-19(11-16)14(3)4/h13-18,20H,6-12H2,1-5H3. The minimum Gasteiger partial charge on any atom is -0.389 e. The summed E-state index contributed by atoms with van der Waals surface area (Å²) in [5, 5.41) is 13.3. The zero-order valence-electron chi connectivity index (χ0n) is 14.6. The maximum atomic E-state index is 9.95. The van der Waals surface area contributed by atoms with Gasteiger partial charge in [-0.15, -0.1) is 0 Å². The summed E-state index contributed by atoms with van der Waals surface area (Å²) >= 11 is 0. The molecule has 0 bridgehead atoms. The second-order valence-corrected chi connectivity index (χ2v) is 7.33. The molecule has 1 heterocycles. The Balaban J connectivity index is 2.05. The summed E-state index contributed by atoms with van der Waals surface area (Å²) in [7, 11) is 0. The predicted octanol–water partition coefficient (Wildman–Crippen LogP) is 2.12. The first-order valence-corrected chi connectivity index (χ1v) is 8.62. The minimum absolute atomic E-state index is 0.231. The molecule has 0 aromatic carbocycles. The largest absolute Gasteiger partial charge is 0.389 e. The summed E-state index contributed by atoms with van der Waals surface area (Å²) in [4.78, 5) is 2.53. The van der Waals surface area contributed by atoms with E-state index in [9.17, 15) is 5.11 Å². The molecule has 126 valence electrons. The first-order chi connectivity index (χ1) is 9.88. The highest BCUT2D eigenvalue weighted by Crippen LogP contribution is 2.17. The summed E-state index contributed by atoms with van der Waals surface area (Å²) in [6, 6.07) is 0.649. The molecule has 1 fully saturated rings. The maximum Gasteiger partial charge on any atom is 0.0897 e. The smallest absolute Gasteiger partial charge is 0.0897 e. The number of ether oxygens (including phenoxy) is 1. The van der Waals surface area contributed by atoms with Crippen molar-refractivity contribution in [1.29, 1.82) is 0 Å². The van der Waals surface area contributed by atoms with Crippen LogP contribution in [0, 0.1) is 11.8 Å². The van der Waals surface area contributed by atoms with Crippen molar-refractivity contribution in [2.75, 3.05) is 32.8 Å². The SMILES string of the molecule is CC(C)CC(C)OCC(O)CNCC1CCN(C(C)C)C1. The van der Waals surface area contributed by atoms with Gasteiger partial charge in [-0.05, 0) is 58.5 Å². The lowest BCUT2D eigenvalue weighted by molar-refractivity contribution is -0.00866. The van der Waals surface area contributed by atoms with Crippen LogP contribution in [0.1, 0.15) is 47.5 Å². The van der Waals surface area contributed by atoms with Gasteiger partial charge < -0.3 is 20.1 Å². The number of hydrogen-bond donors (Lipinski definition) is 2. The van der Waals surface area contributed by atoms with E-state index >= 15 is 0 Å². The van der Waals surface area contributed by atoms with E-state index < -0.39 is 6.10 Å². The van der Waals surface area contributed by atoms with E-state index in [1.807, 2.05) is 0 Å². The van der Waals surface area contributed by atoms with Crippen molar-refractivity contribution in [2.24, 2.45) is 11.8 Å². The molecule has 1 aliphatic rings. The van der Waals surface area contributed by atoms with Crippen molar-refractivity contribution in [3.05, 3.63) is 0 Å². The highest BCUT2D eigenvalue weighted by atomic mass is 16.5. The van der Waals surface area contributed by atoms with Gasteiger partial charge in [-0.1, -0.05) is 13.8 Å². The van der Waals surface area contributed by atoms with Crippen molar-refractivity contribution >= 4 is 0 Å². The number of likely N-dealkylation sites (tertiary alicyclic amines) is 1. The van der Waals surface area contributed by atoms with E-state index in [2.05, 4.69) is 44.8 Å². The molecular formula is C17H36N2O2. The molecular weight excluding hydrogens is 264 g/mol. The summed E-state index contributed by atoms with van der Waals surface area (Å²) in [6.07, 6.45) is 2.15. The molecule has 2 N–H and O–H groups in total. The molecule has 1 rings (SSSR count). The number of hydrogen-bond acceptors (Lipinski definition) is 4. The zero-order chi connectivity index (χ0) is 15.8. The molecule has 3 atom stereocenters. The molecule has 0 aromatic heterocycles. The quantitative estimate of drug-likeness (QED) is 0.649. The number of nitrogens with zero attached hydrogens (tertiary/aromatic N) is 1. The number of aliphatic hydroxyl groups is 1. The van der Waals surface area contributed by atoms with Crippen LogP contribution in [-0.2, 0) is 4.74 Å². The molecule has 0 aromatic rings. The fourth-order valence-electron chi connectivity index (χ4n) is 3.02. The van der Waals surface area contributed by atoms with Gasteiger partial charge in [-0.2, -0.15) is 0 Å². The van der Waals surface area contributed by atoms with Crippen LogP contribution in [0.3, 0.4) is 0 Å². The second-order valence-electron chi connectivity index (χ2n) is 7.33. The van der Waals surface area contributed by atoms with E-state index in [0.29, 0.717) is 25.1 Å². The summed E-state index contributed by atoms with van der Waals surface area (Å²) in [5.74, 6) is 1.36. The Kier molecular flexibility index (Phi) is 8.79. The van der Waals surface area contributed by atoms with Crippen molar-refractivity contribution in [3.63, 3.8) is 0 Å². The Labute approximate surface area is 131 Å². The van der Waals surface area contributed by atoms with Crippen LogP contribution < -0.4 is 5.32 Å². The average molecular weight is 300 g/mol. The summed E-state index contributed by atoms with van der Waals surface area (Å²) in [6.45, 7) is 15.5. The van der Waals surface area contributed by atoms with Gasteiger partial charge in [-0.25, -0.2) is 0 Å². The van der Waals surface area contributed by atoms with Crippen LogP contribution in [0.25, 0.3) is 0 Å². The zero-order valence-corrected chi connectivity index (χ0v) is 14.6. The molecule has 4 nitrogen and oxygen atoms in total. The Morgan fingerprint density at radius 2 is 1.95 bits per heavy atom. The van der Waals surface area contributed by atoms with E-state index in [4.69, 9.17) is 4.74 Å². The van der Waals surface area contributed by atoms with Gasteiger partial charge in [0.05, 0.1) is 18.8 Å². The van der Waals surface area contributed by atoms with Gasteiger partial charge in [0.2, 0.25) is 0 Å². The van der Waals surface area contributed by atoms with Crippen LogP contribution in [0.4, 0.5) is 0 Å². The molecule has 0 amide bonds. The fraction of sp³-hybridized carbons (Fsp3) is 1.00. The van der Waals surface area contributed by atoms with Crippen LogP contribution in [0.2, 0.25) is 0 Å². The lowest BCUT2D eigenvalue weighted by Gasteiger charge is -2.21. The maximum absolute atomic E-state index is 9.95. The lowest BCUT2D eigenvalue weighted by Crippen LogP contribution is -2.35. The molecule has 0 saturated carbocycles. The molecule has 1 aliphatic heterocycles. The highest BCUT2D eigenvalue weighted by molar-refractivity contribution is 4.79. The Morgan fingerprint density at radius 3 is 2.52 bits per heavy atom. The number of aliphatic hydroxyl groups excluding tert-OH is 1. The van der Waals surface area contributed by atoms with Gasteiger partial charge in [0.25, 0.3) is 0 Å².